The predicted octanol–water partition coefficient (Wildman–Crippen LogP) is 3.42. The van der Waals surface area contributed by atoms with Gasteiger partial charge in [-0.3, -0.25) is 0 Å². The van der Waals surface area contributed by atoms with E-state index in [2.05, 4.69) is 39.7 Å². The van der Waals surface area contributed by atoms with Gasteiger partial charge in [-0.05, 0) is 40.4 Å². The van der Waals surface area contributed by atoms with E-state index < -0.39 is 0 Å². The number of nitrogens with two attached hydrogens (primary N) is 1. The maximum atomic E-state index is 5.90. The summed E-state index contributed by atoms with van der Waals surface area (Å²) in [5, 5.41) is 0. The smallest absolute Gasteiger partial charge is 0.231 e. The minimum atomic E-state index is 0.230. The number of benzene rings is 1. The number of fused-ring (bicyclic) bond motifs is 1. The third-order valence-corrected chi connectivity index (χ3v) is 3.69. The van der Waals surface area contributed by atoms with Gasteiger partial charge in [-0.2, -0.15) is 0 Å². The van der Waals surface area contributed by atoms with Crippen molar-refractivity contribution < 1.29 is 9.47 Å². The van der Waals surface area contributed by atoms with Gasteiger partial charge in [0.05, 0.1) is 4.47 Å². The van der Waals surface area contributed by atoms with Crippen molar-refractivity contribution >= 4 is 21.7 Å². The molecule has 2 aromatic rings. The summed E-state index contributed by atoms with van der Waals surface area (Å²) >= 11 is 3.48. The van der Waals surface area contributed by atoms with E-state index in [1.165, 1.54) is 0 Å². The first-order valence-corrected chi connectivity index (χ1v) is 7.55. The zero-order valence-electron chi connectivity index (χ0n) is 11.9. The van der Waals surface area contributed by atoms with E-state index in [0.717, 1.165) is 22.2 Å². The Balaban J connectivity index is 2.04. The Labute approximate surface area is 131 Å². The van der Waals surface area contributed by atoms with Crippen molar-refractivity contribution in [1.29, 1.82) is 0 Å². The molecular weight excluding hydrogens is 334 g/mol. The lowest BCUT2D eigenvalue weighted by molar-refractivity contribution is 0.173. The van der Waals surface area contributed by atoms with Crippen LogP contribution in [0.5, 0.6) is 11.5 Å². The molecule has 0 atom stereocenters. The summed E-state index contributed by atoms with van der Waals surface area (Å²) in [4.78, 5) is 8.93. The first-order valence-electron chi connectivity index (χ1n) is 6.76. The van der Waals surface area contributed by atoms with Gasteiger partial charge in [0.15, 0.2) is 17.3 Å². The SMILES string of the molecule is CC(C)Cc1cc(N)nc(-c2cc(Br)c3c(c2)OCO3)n1. The molecular formula is C15H16BrN3O2. The number of nitrogens with zero attached hydrogens (tertiary/aromatic N) is 2. The van der Waals surface area contributed by atoms with Gasteiger partial charge < -0.3 is 15.2 Å². The van der Waals surface area contributed by atoms with E-state index in [1.807, 2.05) is 18.2 Å². The zero-order valence-corrected chi connectivity index (χ0v) is 13.5. The first-order chi connectivity index (χ1) is 10.0. The van der Waals surface area contributed by atoms with Gasteiger partial charge in [0.1, 0.15) is 5.82 Å². The first kappa shape index (κ1) is 14.1. The lowest BCUT2D eigenvalue weighted by atomic mass is 10.1. The molecule has 0 bridgehead atoms. The molecule has 1 aliphatic rings. The second kappa shape index (κ2) is 5.52. The maximum absolute atomic E-state index is 5.90. The lowest BCUT2D eigenvalue weighted by Crippen LogP contribution is -2.03. The second-order valence-corrected chi connectivity index (χ2v) is 6.25. The highest BCUT2D eigenvalue weighted by molar-refractivity contribution is 9.10. The van der Waals surface area contributed by atoms with Crippen molar-refractivity contribution in [2.45, 2.75) is 20.3 Å². The van der Waals surface area contributed by atoms with Crippen LogP contribution in [0.15, 0.2) is 22.7 Å². The minimum Gasteiger partial charge on any atom is -0.454 e. The molecule has 3 rings (SSSR count). The molecule has 0 saturated heterocycles. The fourth-order valence-corrected chi connectivity index (χ4v) is 2.82. The number of ether oxygens (including phenoxy) is 2. The molecule has 1 aromatic heterocycles. The second-order valence-electron chi connectivity index (χ2n) is 5.40. The van der Waals surface area contributed by atoms with E-state index in [9.17, 15) is 0 Å². The average Bonchev–Trinajstić information content (AvgIpc) is 2.86. The highest BCUT2D eigenvalue weighted by Gasteiger charge is 2.19. The van der Waals surface area contributed by atoms with Gasteiger partial charge in [-0.25, -0.2) is 9.97 Å². The number of hydrogen-bond donors (Lipinski definition) is 1. The Morgan fingerprint density at radius 3 is 2.81 bits per heavy atom. The fourth-order valence-electron chi connectivity index (χ4n) is 2.27. The third kappa shape index (κ3) is 2.95. The number of nitrogen functional groups attached to an aromatic ring is 1. The number of rotatable bonds is 3. The minimum absolute atomic E-state index is 0.230. The summed E-state index contributed by atoms with van der Waals surface area (Å²) in [6, 6.07) is 5.62. The molecule has 2 heterocycles. The van der Waals surface area contributed by atoms with Crippen molar-refractivity contribution in [3.8, 4) is 22.9 Å². The molecule has 5 nitrogen and oxygen atoms in total. The third-order valence-electron chi connectivity index (χ3n) is 3.10. The van der Waals surface area contributed by atoms with Crippen LogP contribution in [0.25, 0.3) is 11.4 Å². The van der Waals surface area contributed by atoms with E-state index >= 15 is 0 Å². The Hall–Kier alpha value is -1.82. The van der Waals surface area contributed by atoms with Crippen LogP contribution in [0.4, 0.5) is 5.82 Å². The van der Waals surface area contributed by atoms with Crippen LogP contribution in [-0.4, -0.2) is 16.8 Å². The number of halogens is 1. The van der Waals surface area contributed by atoms with E-state index in [-0.39, 0.29) is 6.79 Å². The van der Waals surface area contributed by atoms with Gasteiger partial charge in [0.2, 0.25) is 6.79 Å². The van der Waals surface area contributed by atoms with Gasteiger partial charge in [-0.15, -0.1) is 0 Å². The van der Waals surface area contributed by atoms with E-state index in [4.69, 9.17) is 15.2 Å². The lowest BCUT2D eigenvalue weighted by Gasteiger charge is -2.09. The van der Waals surface area contributed by atoms with E-state index in [0.29, 0.717) is 29.1 Å². The topological polar surface area (TPSA) is 70.3 Å². The number of hydrogen-bond acceptors (Lipinski definition) is 5. The Morgan fingerprint density at radius 1 is 1.24 bits per heavy atom. The predicted molar refractivity (Wildman–Crippen MR) is 84.2 cm³/mol. The molecule has 0 aliphatic carbocycles. The van der Waals surface area contributed by atoms with Gasteiger partial charge in [0.25, 0.3) is 0 Å². The molecule has 6 heteroatoms. The van der Waals surface area contributed by atoms with Crippen LogP contribution >= 0.6 is 15.9 Å². The Kier molecular flexibility index (Phi) is 3.71. The monoisotopic (exact) mass is 349 g/mol. The zero-order chi connectivity index (χ0) is 15.0. The molecule has 2 N–H and O–H groups in total. The van der Waals surface area contributed by atoms with Crippen LogP contribution < -0.4 is 15.2 Å². The molecule has 1 aromatic carbocycles. The molecule has 1 aliphatic heterocycles. The average molecular weight is 350 g/mol. The molecule has 0 radical (unpaired) electrons. The summed E-state index contributed by atoms with van der Waals surface area (Å²) in [6.45, 7) is 4.53. The number of anilines is 1. The standard InChI is InChI=1S/C15H16BrN3O2/c1-8(2)3-10-6-13(17)19-15(18-10)9-4-11(16)14-12(5-9)20-7-21-14/h4-6,8H,3,7H2,1-2H3,(H2,17,18,19). The molecule has 110 valence electrons. The Morgan fingerprint density at radius 2 is 2.05 bits per heavy atom. The molecule has 0 fully saturated rings. The Bertz CT molecular complexity index is 689. The number of aromatic nitrogens is 2. The summed E-state index contributed by atoms with van der Waals surface area (Å²) in [7, 11) is 0. The quantitative estimate of drug-likeness (QED) is 0.919. The molecule has 0 unspecified atom stereocenters. The summed E-state index contributed by atoms with van der Waals surface area (Å²) in [5.74, 6) is 2.99. The molecule has 21 heavy (non-hydrogen) atoms. The van der Waals surface area contributed by atoms with Crippen LogP contribution in [0.2, 0.25) is 0 Å². The van der Waals surface area contributed by atoms with Crippen LogP contribution in [0, 0.1) is 5.92 Å². The fraction of sp³-hybridized carbons (Fsp3) is 0.333. The van der Waals surface area contributed by atoms with Crippen LogP contribution in [0.1, 0.15) is 19.5 Å². The molecule has 0 amide bonds. The normalized spacial score (nSPS) is 13.0. The highest BCUT2D eigenvalue weighted by atomic mass is 79.9. The van der Waals surface area contributed by atoms with Crippen LogP contribution in [0.3, 0.4) is 0 Å². The maximum Gasteiger partial charge on any atom is 0.231 e. The summed E-state index contributed by atoms with van der Waals surface area (Å²) < 4.78 is 11.6. The van der Waals surface area contributed by atoms with Gasteiger partial charge in [0, 0.05) is 17.3 Å². The largest absolute Gasteiger partial charge is 0.454 e. The van der Waals surface area contributed by atoms with Crippen molar-refractivity contribution in [3.63, 3.8) is 0 Å². The van der Waals surface area contributed by atoms with E-state index in [1.54, 1.807) is 0 Å². The molecule has 0 spiro atoms. The summed E-state index contributed by atoms with van der Waals surface area (Å²) in [6.07, 6.45) is 0.867. The van der Waals surface area contributed by atoms with Gasteiger partial charge >= 0.3 is 0 Å². The van der Waals surface area contributed by atoms with Gasteiger partial charge in [-0.1, -0.05) is 13.8 Å². The summed E-state index contributed by atoms with van der Waals surface area (Å²) in [5.41, 5.74) is 7.70. The van der Waals surface area contributed by atoms with Crippen molar-refractivity contribution in [3.05, 3.63) is 28.4 Å². The molecule has 0 saturated carbocycles. The highest BCUT2D eigenvalue weighted by Crippen LogP contribution is 2.42. The van der Waals surface area contributed by atoms with Crippen LogP contribution in [-0.2, 0) is 6.42 Å². The van der Waals surface area contributed by atoms with Crippen molar-refractivity contribution in [2.24, 2.45) is 5.92 Å². The van der Waals surface area contributed by atoms with Crippen molar-refractivity contribution in [1.82, 2.24) is 9.97 Å². The van der Waals surface area contributed by atoms with Crippen molar-refractivity contribution in [2.75, 3.05) is 12.5 Å².